The Hall–Kier alpha value is -2.74. The van der Waals surface area contributed by atoms with Crippen molar-refractivity contribution in [1.29, 1.82) is 0 Å². The van der Waals surface area contributed by atoms with E-state index in [1.54, 1.807) is 18.3 Å². The van der Waals surface area contributed by atoms with Crippen LogP contribution >= 0.6 is 11.6 Å². The number of nitrogens with zero attached hydrogens (tertiary/aromatic N) is 3. The zero-order valence-corrected chi connectivity index (χ0v) is 14.8. The minimum Gasteiger partial charge on any atom is -0.405 e. The fourth-order valence-corrected chi connectivity index (χ4v) is 4.34. The highest BCUT2D eigenvalue weighted by atomic mass is 35.5. The molecule has 1 amide bonds. The van der Waals surface area contributed by atoms with Crippen LogP contribution in [0.1, 0.15) is 49.7 Å². The molecule has 0 unspecified atom stereocenters. The number of hydrogen-bond donors (Lipinski definition) is 0. The first-order chi connectivity index (χ1) is 14.5. The zero-order valence-electron chi connectivity index (χ0n) is 17.0. The fourth-order valence-electron chi connectivity index (χ4n) is 4.18. The summed E-state index contributed by atoms with van der Waals surface area (Å²) in [5.41, 5.74) is 1.24. The van der Waals surface area contributed by atoms with Gasteiger partial charge in [-0.05, 0) is 30.7 Å². The highest BCUT2D eigenvalue weighted by molar-refractivity contribution is 6.30. The van der Waals surface area contributed by atoms with E-state index in [0.717, 1.165) is 11.0 Å². The molecular formula is C19H13ClF3N3O2. The van der Waals surface area contributed by atoms with Gasteiger partial charge < -0.3 is 9.64 Å². The number of hydrogen-bond acceptors (Lipinski definition) is 3. The van der Waals surface area contributed by atoms with E-state index in [1.165, 1.54) is 16.6 Å². The van der Waals surface area contributed by atoms with Crippen molar-refractivity contribution in [2.75, 3.05) is 6.98 Å². The van der Waals surface area contributed by atoms with E-state index in [-0.39, 0.29) is 17.5 Å². The Morgan fingerprint density at radius 2 is 2.14 bits per heavy atom. The van der Waals surface area contributed by atoms with Gasteiger partial charge in [0, 0.05) is 44.9 Å². The standard InChI is InChI=1S/C19H13ClF3N3O2/c1-25-13-8-11(16-12-7-9(20)5-6-26(12)24-17(13)16)15-10(18(25)27)3-2-4-14(15)28-19(21,22)23/h2-7,11,13H,8H2,1H3/t11-,13-/m1/s1/i1D3. The Bertz CT molecular complexity index is 1240. The van der Waals surface area contributed by atoms with Crippen LogP contribution in [0.15, 0.2) is 36.5 Å². The number of alkyl halides is 3. The molecule has 1 aliphatic carbocycles. The number of pyridine rings is 1. The van der Waals surface area contributed by atoms with Gasteiger partial charge in [-0.15, -0.1) is 13.2 Å². The minimum atomic E-state index is -4.99. The topological polar surface area (TPSA) is 46.8 Å². The molecule has 2 atom stereocenters. The first-order valence-corrected chi connectivity index (χ1v) is 8.73. The third-order valence-corrected chi connectivity index (χ3v) is 5.42. The van der Waals surface area contributed by atoms with Crippen molar-refractivity contribution in [3.8, 4) is 5.75 Å². The molecule has 2 aliphatic rings. The van der Waals surface area contributed by atoms with Gasteiger partial charge in [0.1, 0.15) is 5.75 Å². The fraction of sp³-hybridized carbons (Fsp3) is 0.263. The van der Waals surface area contributed by atoms with Crippen LogP contribution in [0.2, 0.25) is 5.02 Å². The molecule has 9 heteroatoms. The Morgan fingerprint density at radius 3 is 2.89 bits per heavy atom. The summed E-state index contributed by atoms with van der Waals surface area (Å²) in [4.78, 5) is 14.0. The molecule has 0 N–H and O–H groups in total. The van der Waals surface area contributed by atoms with Crippen LogP contribution in [0, 0.1) is 0 Å². The van der Waals surface area contributed by atoms with E-state index in [1.807, 2.05) is 0 Å². The van der Waals surface area contributed by atoms with Gasteiger partial charge >= 0.3 is 6.36 Å². The average molecular weight is 411 g/mol. The lowest BCUT2D eigenvalue weighted by atomic mass is 9.89. The molecule has 3 aromatic rings. The molecule has 0 saturated heterocycles. The largest absolute Gasteiger partial charge is 0.573 e. The first-order valence-electron chi connectivity index (χ1n) is 9.86. The predicted octanol–water partition coefficient (Wildman–Crippen LogP) is 4.55. The predicted molar refractivity (Wildman–Crippen MR) is 94.6 cm³/mol. The smallest absolute Gasteiger partial charge is 0.405 e. The van der Waals surface area contributed by atoms with Gasteiger partial charge in [0.05, 0.1) is 17.3 Å². The molecule has 1 aromatic carbocycles. The quantitative estimate of drug-likeness (QED) is 0.591. The summed E-state index contributed by atoms with van der Waals surface area (Å²) in [5, 5.41) is 4.83. The van der Waals surface area contributed by atoms with Crippen molar-refractivity contribution >= 4 is 23.0 Å². The van der Waals surface area contributed by atoms with E-state index >= 15 is 0 Å². The van der Waals surface area contributed by atoms with Crippen LogP contribution in [0.3, 0.4) is 0 Å². The average Bonchev–Trinajstić information content (AvgIpc) is 3.12. The second-order valence-corrected chi connectivity index (χ2v) is 7.15. The normalized spacial score (nSPS) is 22.9. The zero-order chi connectivity index (χ0) is 22.3. The second kappa shape index (κ2) is 5.64. The molecule has 0 spiro atoms. The molecule has 3 heterocycles. The van der Waals surface area contributed by atoms with Crippen LogP contribution in [0.25, 0.3) is 5.52 Å². The summed E-state index contributed by atoms with van der Waals surface area (Å²) in [6, 6.07) is 5.93. The first kappa shape index (κ1) is 14.3. The van der Waals surface area contributed by atoms with Gasteiger partial charge in [-0.2, -0.15) is 5.10 Å². The van der Waals surface area contributed by atoms with Gasteiger partial charge in [-0.25, -0.2) is 4.52 Å². The number of ether oxygens (including phenoxy) is 1. The number of aromatic nitrogens is 2. The van der Waals surface area contributed by atoms with Crippen molar-refractivity contribution in [2.45, 2.75) is 24.7 Å². The minimum absolute atomic E-state index is 0.00444. The van der Waals surface area contributed by atoms with Crippen LogP contribution in [0.5, 0.6) is 5.75 Å². The SMILES string of the molecule is [2H]C([2H])([2H])N1C(=O)c2cccc(OC(F)(F)F)c2[C@H]2C[C@@H]1c1nn3ccc(Cl)cc3c12. The number of benzene rings is 1. The van der Waals surface area contributed by atoms with E-state index in [9.17, 15) is 18.0 Å². The third-order valence-electron chi connectivity index (χ3n) is 5.19. The van der Waals surface area contributed by atoms with Crippen LogP contribution in [-0.4, -0.2) is 33.8 Å². The van der Waals surface area contributed by atoms with Gasteiger partial charge in [0.25, 0.3) is 5.91 Å². The Labute approximate surface area is 166 Å². The maximum absolute atomic E-state index is 13.2. The summed E-state index contributed by atoms with van der Waals surface area (Å²) in [5.74, 6) is -2.17. The number of carbonyl (C=O) groups excluding carboxylic acids is 1. The van der Waals surface area contributed by atoms with Crippen molar-refractivity contribution < 1.29 is 26.8 Å². The molecule has 1 aliphatic heterocycles. The highest BCUT2D eigenvalue weighted by Gasteiger charge is 2.46. The van der Waals surface area contributed by atoms with Crippen molar-refractivity contribution in [3.63, 3.8) is 0 Å². The Morgan fingerprint density at radius 1 is 1.32 bits per heavy atom. The van der Waals surface area contributed by atoms with Crippen molar-refractivity contribution in [3.05, 3.63) is 63.9 Å². The molecule has 28 heavy (non-hydrogen) atoms. The number of carbonyl (C=O) groups is 1. The van der Waals surface area contributed by atoms with E-state index in [0.29, 0.717) is 21.8 Å². The lowest BCUT2D eigenvalue weighted by Gasteiger charge is -2.24. The summed E-state index contributed by atoms with van der Waals surface area (Å²) < 4.78 is 68.9. The molecule has 0 fully saturated rings. The molecule has 5 nitrogen and oxygen atoms in total. The number of amides is 1. The second-order valence-electron chi connectivity index (χ2n) is 6.72. The van der Waals surface area contributed by atoms with Gasteiger partial charge in [0.2, 0.25) is 0 Å². The van der Waals surface area contributed by atoms with Gasteiger partial charge in [-0.3, -0.25) is 4.79 Å². The monoisotopic (exact) mass is 410 g/mol. The molecule has 2 aromatic heterocycles. The number of halogens is 4. The van der Waals surface area contributed by atoms with E-state index in [4.69, 9.17) is 15.7 Å². The summed E-state index contributed by atoms with van der Waals surface area (Å²) in [6.45, 7) is -2.83. The summed E-state index contributed by atoms with van der Waals surface area (Å²) in [7, 11) is 0. The molecule has 144 valence electrons. The lowest BCUT2D eigenvalue weighted by Crippen LogP contribution is -2.30. The molecular weight excluding hydrogens is 395 g/mol. The van der Waals surface area contributed by atoms with Crippen LogP contribution in [0.4, 0.5) is 13.2 Å². The molecule has 2 bridgehead atoms. The third kappa shape index (κ3) is 2.40. The molecule has 5 rings (SSSR count). The lowest BCUT2D eigenvalue weighted by molar-refractivity contribution is -0.274. The van der Waals surface area contributed by atoms with Crippen LogP contribution in [-0.2, 0) is 0 Å². The Kier molecular flexibility index (Phi) is 2.88. The van der Waals surface area contributed by atoms with Crippen molar-refractivity contribution in [1.82, 2.24) is 14.5 Å². The Balaban J connectivity index is 1.84. The summed E-state index contributed by atoms with van der Waals surface area (Å²) in [6.07, 6.45) is -3.35. The molecule has 0 radical (unpaired) electrons. The maximum Gasteiger partial charge on any atom is 0.573 e. The number of rotatable bonds is 1. The van der Waals surface area contributed by atoms with Crippen LogP contribution < -0.4 is 4.74 Å². The van der Waals surface area contributed by atoms with Crippen molar-refractivity contribution in [2.24, 2.45) is 0 Å². The van der Waals surface area contributed by atoms with E-state index in [2.05, 4.69) is 9.84 Å². The highest BCUT2D eigenvalue weighted by Crippen LogP contribution is 2.53. The van der Waals surface area contributed by atoms with Gasteiger partial charge in [0.15, 0.2) is 0 Å². The maximum atomic E-state index is 13.2. The van der Waals surface area contributed by atoms with E-state index < -0.39 is 37.0 Å². The van der Waals surface area contributed by atoms with Gasteiger partial charge in [-0.1, -0.05) is 17.7 Å². The molecule has 0 saturated carbocycles. The number of fused-ring (bicyclic) bond motifs is 9. The summed E-state index contributed by atoms with van der Waals surface area (Å²) >= 11 is 6.13.